The SMILES string of the molecule is CCC(C)C(C)(O)CNC(=O)Nc1cccnc1N1CCCC1. The third-order valence-corrected chi connectivity index (χ3v) is 4.72. The monoisotopic (exact) mass is 320 g/mol. The van der Waals surface area contributed by atoms with Crippen molar-refractivity contribution in [3.63, 3.8) is 0 Å². The van der Waals surface area contributed by atoms with Crippen molar-refractivity contribution in [1.82, 2.24) is 10.3 Å². The molecule has 6 heteroatoms. The van der Waals surface area contributed by atoms with Gasteiger partial charge in [-0.25, -0.2) is 9.78 Å². The highest BCUT2D eigenvalue weighted by Crippen LogP contribution is 2.26. The lowest BCUT2D eigenvalue weighted by Gasteiger charge is -2.29. The van der Waals surface area contributed by atoms with E-state index in [1.54, 1.807) is 13.1 Å². The van der Waals surface area contributed by atoms with Crippen molar-refractivity contribution >= 4 is 17.5 Å². The highest BCUT2D eigenvalue weighted by molar-refractivity contribution is 5.92. The average Bonchev–Trinajstić information content (AvgIpc) is 3.07. The summed E-state index contributed by atoms with van der Waals surface area (Å²) in [6.07, 6.45) is 4.91. The third kappa shape index (κ3) is 4.58. The van der Waals surface area contributed by atoms with Gasteiger partial charge in [-0.15, -0.1) is 0 Å². The molecule has 1 aliphatic heterocycles. The van der Waals surface area contributed by atoms with Gasteiger partial charge >= 0.3 is 6.03 Å². The molecule has 3 N–H and O–H groups in total. The number of carbonyl (C=O) groups is 1. The van der Waals surface area contributed by atoms with Gasteiger partial charge in [0.05, 0.1) is 11.3 Å². The van der Waals surface area contributed by atoms with Gasteiger partial charge in [0.25, 0.3) is 0 Å². The minimum atomic E-state index is -0.918. The molecule has 0 aromatic carbocycles. The van der Waals surface area contributed by atoms with Gasteiger partial charge in [0.15, 0.2) is 5.82 Å². The van der Waals surface area contributed by atoms with Crippen molar-refractivity contribution in [2.24, 2.45) is 5.92 Å². The van der Waals surface area contributed by atoms with Crippen LogP contribution in [0.2, 0.25) is 0 Å². The Morgan fingerprint density at radius 1 is 1.48 bits per heavy atom. The Morgan fingerprint density at radius 2 is 2.17 bits per heavy atom. The highest BCUT2D eigenvalue weighted by Gasteiger charge is 2.27. The highest BCUT2D eigenvalue weighted by atomic mass is 16.3. The standard InChI is InChI=1S/C17H28N4O2/c1-4-13(2)17(3,23)12-19-16(22)20-14-8-7-9-18-15(14)21-10-5-6-11-21/h7-9,13,23H,4-6,10-12H2,1-3H3,(H2,19,20,22). The molecule has 0 saturated carbocycles. The topological polar surface area (TPSA) is 77.5 Å². The molecular weight excluding hydrogens is 292 g/mol. The molecule has 2 atom stereocenters. The lowest BCUT2D eigenvalue weighted by Crippen LogP contribution is -2.46. The Hall–Kier alpha value is -1.82. The van der Waals surface area contributed by atoms with Crippen molar-refractivity contribution in [3.8, 4) is 0 Å². The fourth-order valence-corrected chi connectivity index (χ4v) is 2.72. The number of urea groups is 1. The Balaban J connectivity index is 1.95. The van der Waals surface area contributed by atoms with Gasteiger partial charge in [-0.05, 0) is 37.8 Å². The first-order chi connectivity index (χ1) is 10.9. The average molecular weight is 320 g/mol. The van der Waals surface area contributed by atoms with Crippen LogP contribution in [0.15, 0.2) is 18.3 Å². The molecule has 1 aromatic rings. The van der Waals surface area contributed by atoms with Crippen molar-refractivity contribution in [2.75, 3.05) is 29.9 Å². The summed E-state index contributed by atoms with van der Waals surface area (Å²) in [6, 6.07) is 3.35. The van der Waals surface area contributed by atoms with Gasteiger partial charge < -0.3 is 20.6 Å². The first kappa shape index (κ1) is 17.5. The summed E-state index contributed by atoms with van der Waals surface area (Å²) < 4.78 is 0. The van der Waals surface area contributed by atoms with Crippen LogP contribution >= 0.6 is 0 Å². The molecule has 2 unspecified atom stereocenters. The predicted molar refractivity (Wildman–Crippen MR) is 92.8 cm³/mol. The van der Waals surface area contributed by atoms with Crippen LogP contribution in [0.25, 0.3) is 0 Å². The summed E-state index contributed by atoms with van der Waals surface area (Å²) in [7, 11) is 0. The Kier molecular flexibility index (Phi) is 5.82. The summed E-state index contributed by atoms with van der Waals surface area (Å²) in [5.74, 6) is 0.926. The number of pyridine rings is 1. The number of aromatic nitrogens is 1. The molecular formula is C17H28N4O2. The van der Waals surface area contributed by atoms with E-state index in [0.29, 0.717) is 5.69 Å². The molecule has 2 heterocycles. The summed E-state index contributed by atoms with van der Waals surface area (Å²) in [4.78, 5) is 18.7. The van der Waals surface area contributed by atoms with Crippen LogP contribution in [-0.4, -0.2) is 41.4 Å². The van der Waals surface area contributed by atoms with E-state index in [1.165, 1.54) is 0 Å². The first-order valence-electron chi connectivity index (χ1n) is 8.41. The van der Waals surface area contributed by atoms with Gasteiger partial charge in [0, 0.05) is 25.8 Å². The van der Waals surface area contributed by atoms with E-state index >= 15 is 0 Å². The lowest BCUT2D eigenvalue weighted by molar-refractivity contribution is 0.00827. The third-order valence-electron chi connectivity index (χ3n) is 4.72. The first-order valence-corrected chi connectivity index (χ1v) is 8.41. The van der Waals surface area contributed by atoms with Crippen molar-refractivity contribution in [2.45, 2.75) is 45.6 Å². The lowest BCUT2D eigenvalue weighted by atomic mass is 9.89. The molecule has 1 aromatic heterocycles. The Bertz CT molecular complexity index is 527. The van der Waals surface area contributed by atoms with Crippen molar-refractivity contribution in [1.29, 1.82) is 0 Å². The second-order valence-electron chi connectivity index (χ2n) is 6.54. The largest absolute Gasteiger partial charge is 0.388 e. The summed E-state index contributed by atoms with van der Waals surface area (Å²) >= 11 is 0. The van der Waals surface area contributed by atoms with Gasteiger partial charge in [0.2, 0.25) is 0 Å². The van der Waals surface area contributed by atoms with Gasteiger partial charge in [-0.3, -0.25) is 0 Å². The second kappa shape index (κ2) is 7.64. The normalized spacial score (nSPS) is 18.3. The number of anilines is 2. The molecule has 128 valence electrons. The predicted octanol–water partition coefficient (Wildman–Crippen LogP) is 2.60. The summed E-state index contributed by atoms with van der Waals surface area (Å²) in [5, 5.41) is 16.0. The number of aliphatic hydroxyl groups is 1. The maximum absolute atomic E-state index is 12.2. The number of amides is 2. The van der Waals surface area contributed by atoms with E-state index in [4.69, 9.17) is 0 Å². The van der Waals surface area contributed by atoms with E-state index in [0.717, 1.165) is 38.2 Å². The fourth-order valence-electron chi connectivity index (χ4n) is 2.72. The number of carbonyl (C=O) groups excluding carboxylic acids is 1. The van der Waals surface area contributed by atoms with Crippen molar-refractivity contribution in [3.05, 3.63) is 18.3 Å². The number of rotatable bonds is 6. The van der Waals surface area contributed by atoms with Crippen LogP contribution in [0, 0.1) is 5.92 Å². The summed E-state index contributed by atoms with van der Waals surface area (Å²) in [6.45, 7) is 7.91. The van der Waals surface area contributed by atoms with E-state index in [1.807, 2.05) is 26.0 Å². The van der Waals surface area contributed by atoms with Gasteiger partial charge in [0.1, 0.15) is 0 Å². The molecule has 23 heavy (non-hydrogen) atoms. The molecule has 2 rings (SSSR count). The fraction of sp³-hybridized carbons (Fsp3) is 0.647. The van der Waals surface area contributed by atoms with Crippen LogP contribution in [0.3, 0.4) is 0 Å². The molecule has 6 nitrogen and oxygen atoms in total. The molecule has 1 fully saturated rings. The van der Waals surface area contributed by atoms with E-state index in [9.17, 15) is 9.90 Å². The molecule has 1 aliphatic rings. The minimum absolute atomic E-state index is 0.112. The van der Waals surface area contributed by atoms with Gasteiger partial charge in [-0.1, -0.05) is 20.3 Å². The zero-order valence-electron chi connectivity index (χ0n) is 14.3. The van der Waals surface area contributed by atoms with Crippen LogP contribution in [0.1, 0.15) is 40.0 Å². The molecule has 2 amide bonds. The van der Waals surface area contributed by atoms with Crippen LogP contribution in [0.5, 0.6) is 0 Å². The molecule has 0 radical (unpaired) electrons. The van der Waals surface area contributed by atoms with E-state index in [2.05, 4.69) is 20.5 Å². The zero-order valence-corrected chi connectivity index (χ0v) is 14.3. The van der Waals surface area contributed by atoms with Gasteiger partial charge in [-0.2, -0.15) is 0 Å². The van der Waals surface area contributed by atoms with Crippen LogP contribution in [-0.2, 0) is 0 Å². The maximum Gasteiger partial charge on any atom is 0.319 e. The second-order valence-corrected chi connectivity index (χ2v) is 6.54. The van der Waals surface area contributed by atoms with Crippen LogP contribution in [0.4, 0.5) is 16.3 Å². The van der Waals surface area contributed by atoms with Crippen LogP contribution < -0.4 is 15.5 Å². The number of nitrogens with zero attached hydrogens (tertiary/aromatic N) is 2. The Labute approximate surface area is 138 Å². The zero-order chi connectivity index (χ0) is 16.9. The smallest absolute Gasteiger partial charge is 0.319 e. The van der Waals surface area contributed by atoms with E-state index in [-0.39, 0.29) is 18.5 Å². The maximum atomic E-state index is 12.2. The molecule has 1 saturated heterocycles. The molecule has 0 aliphatic carbocycles. The number of hydrogen-bond donors (Lipinski definition) is 3. The Morgan fingerprint density at radius 3 is 2.83 bits per heavy atom. The quantitative estimate of drug-likeness (QED) is 0.753. The minimum Gasteiger partial charge on any atom is -0.388 e. The van der Waals surface area contributed by atoms with E-state index < -0.39 is 5.60 Å². The summed E-state index contributed by atoms with van der Waals surface area (Å²) in [5.41, 5.74) is -0.214. The molecule has 0 bridgehead atoms. The van der Waals surface area contributed by atoms with Crippen molar-refractivity contribution < 1.29 is 9.90 Å². The number of nitrogens with one attached hydrogen (secondary N) is 2. The molecule has 0 spiro atoms. The number of hydrogen-bond acceptors (Lipinski definition) is 4.